The van der Waals surface area contributed by atoms with Crippen molar-refractivity contribution in [1.82, 2.24) is 5.16 Å². The molecule has 94 valence electrons. The second-order valence-electron chi connectivity index (χ2n) is 5.80. The summed E-state index contributed by atoms with van der Waals surface area (Å²) >= 11 is 0. The molecule has 2 rings (SSSR count). The van der Waals surface area contributed by atoms with Crippen molar-refractivity contribution in [3.8, 4) is 0 Å². The van der Waals surface area contributed by atoms with Gasteiger partial charge in [0.1, 0.15) is 0 Å². The number of nitrogens with one attached hydrogen (secondary N) is 1. The van der Waals surface area contributed by atoms with E-state index in [1.807, 2.05) is 6.07 Å². The van der Waals surface area contributed by atoms with Gasteiger partial charge in [-0.1, -0.05) is 38.8 Å². The first kappa shape index (κ1) is 12.1. The molecule has 17 heavy (non-hydrogen) atoms. The second kappa shape index (κ2) is 4.51. The van der Waals surface area contributed by atoms with E-state index in [2.05, 4.69) is 31.2 Å². The van der Waals surface area contributed by atoms with Gasteiger partial charge >= 0.3 is 0 Å². The van der Waals surface area contributed by atoms with Gasteiger partial charge in [0.05, 0.1) is 5.69 Å². The highest BCUT2D eigenvalue weighted by Crippen LogP contribution is 2.27. The summed E-state index contributed by atoms with van der Waals surface area (Å²) in [5.74, 6) is 0.684. The van der Waals surface area contributed by atoms with Gasteiger partial charge in [0, 0.05) is 17.4 Å². The summed E-state index contributed by atoms with van der Waals surface area (Å²) in [7, 11) is 0. The van der Waals surface area contributed by atoms with Gasteiger partial charge in [-0.2, -0.15) is 0 Å². The lowest BCUT2D eigenvalue weighted by Crippen LogP contribution is -2.19. The molecule has 4 nitrogen and oxygen atoms in total. The zero-order valence-electron chi connectivity index (χ0n) is 10.7. The maximum Gasteiger partial charge on any atom is 0.231 e. The minimum Gasteiger partial charge on any atom is -0.338 e. The second-order valence-corrected chi connectivity index (χ2v) is 5.80. The van der Waals surface area contributed by atoms with Gasteiger partial charge < -0.3 is 4.52 Å². The Kier molecular flexibility index (Phi) is 3.22. The monoisotopic (exact) mass is 236 g/mol. The Bertz CT molecular complexity index is 398. The van der Waals surface area contributed by atoms with Crippen LogP contribution in [0, 0.1) is 5.92 Å². The number of aromatic nitrogens is 1. The van der Waals surface area contributed by atoms with Gasteiger partial charge in [0.25, 0.3) is 0 Å². The molecule has 0 saturated heterocycles. The van der Waals surface area contributed by atoms with Crippen molar-refractivity contribution in [3.63, 3.8) is 0 Å². The molecule has 0 aliphatic heterocycles. The van der Waals surface area contributed by atoms with Crippen molar-refractivity contribution in [2.24, 2.45) is 5.92 Å². The third kappa shape index (κ3) is 2.87. The Morgan fingerprint density at radius 3 is 2.59 bits per heavy atom. The van der Waals surface area contributed by atoms with Crippen molar-refractivity contribution < 1.29 is 9.32 Å². The first-order chi connectivity index (χ1) is 7.97. The highest BCUT2D eigenvalue weighted by molar-refractivity contribution is 5.91. The van der Waals surface area contributed by atoms with Crippen molar-refractivity contribution >= 4 is 11.8 Å². The number of hydrogen-bond donors (Lipinski definition) is 1. The predicted molar refractivity (Wildman–Crippen MR) is 65.8 cm³/mol. The van der Waals surface area contributed by atoms with Crippen molar-refractivity contribution in [2.75, 3.05) is 5.32 Å². The molecule has 0 aromatic carbocycles. The largest absolute Gasteiger partial charge is 0.338 e. The molecule has 1 heterocycles. The fourth-order valence-corrected chi connectivity index (χ4v) is 2.10. The Morgan fingerprint density at radius 2 is 2.06 bits per heavy atom. The van der Waals surface area contributed by atoms with Crippen LogP contribution in [0.1, 0.15) is 52.1 Å². The number of rotatable bonds is 2. The topological polar surface area (TPSA) is 55.1 Å². The van der Waals surface area contributed by atoms with E-state index in [-0.39, 0.29) is 17.2 Å². The molecule has 1 aliphatic carbocycles. The van der Waals surface area contributed by atoms with E-state index >= 15 is 0 Å². The lowest BCUT2D eigenvalue weighted by Gasteiger charge is -2.12. The third-order valence-electron chi connectivity index (χ3n) is 3.25. The number of carbonyl (C=O) groups excluding carboxylic acids is 1. The molecule has 0 unspecified atom stereocenters. The zero-order valence-corrected chi connectivity index (χ0v) is 10.7. The first-order valence-corrected chi connectivity index (χ1v) is 6.25. The van der Waals surface area contributed by atoms with E-state index < -0.39 is 0 Å². The smallest absolute Gasteiger partial charge is 0.231 e. The molecule has 1 amide bonds. The van der Waals surface area contributed by atoms with Crippen molar-refractivity contribution in [2.45, 2.75) is 51.9 Å². The number of anilines is 1. The lowest BCUT2D eigenvalue weighted by molar-refractivity contribution is -0.119. The summed E-state index contributed by atoms with van der Waals surface area (Å²) in [6.07, 6.45) is 4.29. The van der Waals surface area contributed by atoms with E-state index in [0.29, 0.717) is 5.88 Å². The quantitative estimate of drug-likeness (QED) is 0.858. The van der Waals surface area contributed by atoms with Crippen molar-refractivity contribution in [3.05, 3.63) is 11.8 Å². The van der Waals surface area contributed by atoms with E-state index in [1.54, 1.807) is 0 Å². The van der Waals surface area contributed by atoms with Gasteiger partial charge in [-0.3, -0.25) is 10.1 Å². The van der Waals surface area contributed by atoms with E-state index in [0.717, 1.165) is 31.4 Å². The molecule has 1 aliphatic rings. The molecule has 1 aromatic rings. The SMILES string of the molecule is CC(C)(C)c1cc(NC(=O)C2CCCC2)on1. The molecule has 4 heteroatoms. The Morgan fingerprint density at radius 1 is 1.41 bits per heavy atom. The molecular formula is C13H20N2O2. The highest BCUT2D eigenvalue weighted by atomic mass is 16.5. The zero-order chi connectivity index (χ0) is 12.5. The van der Waals surface area contributed by atoms with Crippen LogP contribution in [-0.2, 0) is 10.2 Å². The summed E-state index contributed by atoms with van der Waals surface area (Å²) in [4.78, 5) is 11.9. The average molecular weight is 236 g/mol. The van der Waals surface area contributed by atoms with Crippen LogP contribution >= 0.6 is 0 Å². The molecule has 0 radical (unpaired) electrons. The van der Waals surface area contributed by atoms with Gasteiger partial charge in [0.15, 0.2) is 0 Å². The molecule has 0 spiro atoms. The summed E-state index contributed by atoms with van der Waals surface area (Å²) in [6.45, 7) is 6.19. The highest BCUT2D eigenvalue weighted by Gasteiger charge is 2.25. The fourth-order valence-electron chi connectivity index (χ4n) is 2.10. The van der Waals surface area contributed by atoms with E-state index in [1.165, 1.54) is 0 Å². The molecule has 1 aromatic heterocycles. The first-order valence-electron chi connectivity index (χ1n) is 6.25. The van der Waals surface area contributed by atoms with Crippen molar-refractivity contribution in [1.29, 1.82) is 0 Å². The molecule has 1 saturated carbocycles. The Labute approximate surface area is 102 Å². The Balaban J connectivity index is 1.99. The lowest BCUT2D eigenvalue weighted by atomic mass is 9.92. The maximum absolute atomic E-state index is 11.9. The van der Waals surface area contributed by atoms with Crippen LogP contribution in [-0.4, -0.2) is 11.1 Å². The summed E-state index contributed by atoms with van der Waals surface area (Å²) in [5.41, 5.74) is 0.805. The van der Waals surface area contributed by atoms with Gasteiger partial charge in [-0.15, -0.1) is 0 Å². The summed E-state index contributed by atoms with van der Waals surface area (Å²) < 4.78 is 5.14. The molecule has 1 N–H and O–H groups in total. The van der Waals surface area contributed by atoms with E-state index in [9.17, 15) is 4.79 Å². The van der Waals surface area contributed by atoms with Gasteiger partial charge in [0.2, 0.25) is 11.8 Å². The van der Waals surface area contributed by atoms with E-state index in [4.69, 9.17) is 4.52 Å². The number of nitrogens with zero attached hydrogens (tertiary/aromatic N) is 1. The van der Waals surface area contributed by atoms with Crippen LogP contribution in [0.2, 0.25) is 0 Å². The van der Waals surface area contributed by atoms with Gasteiger partial charge in [-0.25, -0.2) is 0 Å². The average Bonchev–Trinajstić information content (AvgIpc) is 2.85. The molecule has 1 fully saturated rings. The number of amides is 1. The summed E-state index contributed by atoms with van der Waals surface area (Å²) in [6, 6.07) is 1.81. The molecule has 0 atom stereocenters. The Hall–Kier alpha value is -1.32. The molecule has 0 bridgehead atoms. The number of hydrogen-bond acceptors (Lipinski definition) is 3. The van der Waals surface area contributed by atoms with Crippen LogP contribution in [0.5, 0.6) is 0 Å². The third-order valence-corrected chi connectivity index (χ3v) is 3.25. The minimum absolute atomic E-state index is 0.0557. The standard InChI is InChI=1S/C13H20N2O2/c1-13(2,3)10-8-11(17-15-10)14-12(16)9-6-4-5-7-9/h8-9H,4-7H2,1-3H3,(H,14,16). The fraction of sp³-hybridized carbons (Fsp3) is 0.692. The van der Waals surface area contributed by atoms with Gasteiger partial charge in [-0.05, 0) is 12.8 Å². The normalized spacial score (nSPS) is 17.4. The minimum atomic E-state index is -0.0557. The summed E-state index contributed by atoms with van der Waals surface area (Å²) in [5, 5.41) is 6.79. The van der Waals surface area contributed by atoms with Crippen LogP contribution in [0.3, 0.4) is 0 Å². The van der Waals surface area contributed by atoms with Crippen LogP contribution < -0.4 is 5.32 Å². The predicted octanol–water partition coefficient (Wildman–Crippen LogP) is 3.10. The van der Waals surface area contributed by atoms with Crippen LogP contribution in [0.4, 0.5) is 5.88 Å². The van der Waals surface area contributed by atoms with Crippen LogP contribution in [0.15, 0.2) is 10.6 Å². The van der Waals surface area contributed by atoms with Crippen LogP contribution in [0.25, 0.3) is 0 Å². The molecular weight excluding hydrogens is 216 g/mol. The maximum atomic E-state index is 11.9. The number of carbonyl (C=O) groups is 1.